The molecular weight excluding hydrogens is 268 g/mol. The molecule has 0 aliphatic rings. The third kappa shape index (κ3) is 6.58. The Kier molecular flexibility index (Phi) is 6.15. The molecule has 5 heteroatoms. The number of nitrogens with zero attached hydrogens (tertiary/aromatic N) is 1. The first-order valence-electron chi connectivity index (χ1n) is 7.32. The van der Waals surface area contributed by atoms with Crippen molar-refractivity contribution in [3.05, 3.63) is 33.9 Å². The smallest absolute Gasteiger partial charge is 0.311 e. The highest BCUT2D eigenvalue weighted by atomic mass is 16.6. The first-order valence-corrected chi connectivity index (χ1v) is 7.32. The van der Waals surface area contributed by atoms with Gasteiger partial charge in [-0.05, 0) is 23.5 Å². The average molecular weight is 294 g/mol. The van der Waals surface area contributed by atoms with E-state index in [-0.39, 0.29) is 16.0 Å². The number of hydrogen-bond donors (Lipinski definition) is 1. The molecule has 0 radical (unpaired) electrons. The normalized spacial score (nSPS) is 11.7. The van der Waals surface area contributed by atoms with Crippen molar-refractivity contribution in [1.82, 2.24) is 5.32 Å². The Balaban J connectivity index is 2.77. The molecule has 0 atom stereocenters. The van der Waals surface area contributed by atoms with Gasteiger partial charge in [0.1, 0.15) is 0 Å². The van der Waals surface area contributed by atoms with Gasteiger partial charge in [-0.1, -0.05) is 40.7 Å². The second-order valence-electron chi connectivity index (χ2n) is 6.75. The van der Waals surface area contributed by atoms with Crippen molar-refractivity contribution in [1.29, 1.82) is 0 Å². The van der Waals surface area contributed by atoms with E-state index >= 15 is 0 Å². The molecule has 0 aliphatic carbocycles. The van der Waals surface area contributed by atoms with Crippen molar-refractivity contribution in [3.63, 3.8) is 0 Å². The van der Waals surface area contributed by atoms with Gasteiger partial charge in [0, 0.05) is 18.7 Å². The summed E-state index contributed by atoms with van der Waals surface area (Å²) in [5.74, 6) is 0.345. The predicted octanol–water partition coefficient (Wildman–Crippen LogP) is 3.91. The molecule has 0 fully saturated rings. The molecule has 1 aromatic rings. The molecule has 0 amide bonds. The highest BCUT2D eigenvalue weighted by Gasteiger charge is 2.17. The van der Waals surface area contributed by atoms with Crippen LogP contribution in [0.3, 0.4) is 0 Å². The van der Waals surface area contributed by atoms with Crippen LogP contribution in [0.15, 0.2) is 18.2 Å². The van der Waals surface area contributed by atoms with Crippen molar-refractivity contribution in [3.8, 4) is 5.75 Å². The lowest BCUT2D eigenvalue weighted by molar-refractivity contribution is -0.385. The van der Waals surface area contributed by atoms with Gasteiger partial charge >= 0.3 is 5.69 Å². The maximum Gasteiger partial charge on any atom is 0.311 e. The fourth-order valence-electron chi connectivity index (χ4n) is 1.73. The van der Waals surface area contributed by atoms with E-state index in [2.05, 4.69) is 26.1 Å². The number of benzene rings is 1. The molecule has 118 valence electrons. The topological polar surface area (TPSA) is 64.4 Å². The maximum atomic E-state index is 11.2. The molecule has 0 spiro atoms. The fourth-order valence-corrected chi connectivity index (χ4v) is 1.73. The van der Waals surface area contributed by atoms with Crippen LogP contribution in [0.25, 0.3) is 0 Å². The van der Waals surface area contributed by atoms with Crippen molar-refractivity contribution in [2.75, 3.05) is 6.61 Å². The van der Waals surface area contributed by atoms with Gasteiger partial charge in [0.05, 0.1) is 11.5 Å². The highest BCUT2D eigenvalue weighted by molar-refractivity contribution is 5.48. The first kappa shape index (κ1) is 17.4. The zero-order chi connectivity index (χ0) is 16.0. The summed E-state index contributed by atoms with van der Waals surface area (Å²) < 4.78 is 5.59. The second-order valence-corrected chi connectivity index (χ2v) is 6.75. The minimum atomic E-state index is -0.384. The summed E-state index contributed by atoms with van der Waals surface area (Å²) in [6, 6.07) is 5.49. The molecule has 0 saturated heterocycles. The lowest BCUT2D eigenvalue weighted by atomic mass is 9.93. The van der Waals surface area contributed by atoms with Crippen molar-refractivity contribution in [2.24, 2.45) is 5.41 Å². The third-order valence-electron chi connectivity index (χ3n) is 3.04. The van der Waals surface area contributed by atoms with Gasteiger partial charge in [-0.3, -0.25) is 10.1 Å². The van der Waals surface area contributed by atoms with E-state index in [0.29, 0.717) is 24.9 Å². The van der Waals surface area contributed by atoms with Crippen LogP contribution in [-0.2, 0) is 6.54 Å². The predicted molar refractivity (Wildman–Crippen MR) is 84.6 cm³/mol. The number of rotatable bonds is 7. The van der Waals surface area contributed by atoms with Crippen LogP contribution in [0, 0.1) is 15.5 Å². The molecule has 1 rings (SSSR count). The van der Waals surface area contributed by atoms with Crippen LogP contribution in [-0.4, -0.2) is 17.6 Å². The summed E-state index contributed by atoms with van der Waals surface area (Å²) in [5, 5.41) is 14.4. The zero-order valence-corrected chi connectivity index (χ0v) is 13.6. The Hall–Kier alpha value is -1.62. The Labute approximate surface area is 126 Å². The summed E-state index contributed by atoms with van der Waals surface area (Å²) in [6.07, 6.45) is 0.848. The van der Waals surface area contributed by atoms with Crippen molar-refractivity contribution >= 4 is 5.69 Å². The van der Waals surface area contributed by atoms with Crippen LogP contribution < -0.4 is 10.1 Å². The number of ether oxygens (including phenoxy) is 1. The first-order chi connectivity index (χ1) is 9.69. The summed E-state index contributed by atoms with van der Waals surface area (Å²) in [7, 11) is 0. The van der Waals surface area contributed by atoms with Gasteiger partial charge in [-0.15, -0.1) is 0 Å². The van der Waals surface area contributed by atoms with Crippen LogP contribution in [0.2, 0.25) is 0 Å². The summed E-state index contributed by atoms with van der Waals surface area (Å²) in [6.45, 7) is 11.5. The molecule has 0 heterocycles. The minimum absolute atomic E-state index is 0.0342. The monoisotopic (exact) mass is 294 g/mol. The molecule has 0 bridgehead atoms. The van der Waals surface area contributed by atoms with E-state index in [1.54, 1.807) is 12.1 Å². The van der Waals surface area contributed by atoms with Gasteiger partial charge < -0.3 is 10.1 Å². The number of nitrogens with one attached hydrogen (secondary N) is 1. The van der Waals surface area contributed by atoms with Crippen LogP contribution >= 0.6 is 0 Å². The molecule has 0 aliphatic heterocycles. The van der Waals surface area contributed by atoms with E-state index in [9.17, 15) is 10.1 Å². The number of hydrogen-bond acceptors (Lipinski definition) is 4. The molecule has 0 unspecified atom stereocenters. The molecular formula is C16H26N2O3. The molecule has 1 N–H and O–H groups in total. The summed E-state index contributed by atoms with van der Waals surface area (Å²) >= 11 is 0. The van der Waals surface area contributed by atoms with Gasteiger partial charge in [0.2, 0.25) is 0 Å². The van der Waals surface area contributed by atoms with Gasteiger partial charge in [0.15, 0.2) is 5.75 Å². The van der Waals surface area contributed by atoms with Crippen LogP contribution in [0.4, 0.5) is 5.69 Å². The Bertz CT molecular complexity index is 479. The Morgan fingerprint density at radius 2 is 2.00 bits per heavy atom. The van der Waals surface area contributed by atoms with Crippen molar-refractivity contribution < 1.29 is 9.66 Å². The Morgan fingerprint density at radius 3 is 2.52 bits per heavy atom. The van der Waals surface area contributed by atoms with E-state index in [0.717, 1.165) is 12.0 Å². The van der Waals surface area contributed by atoms with E-state index in [4.69, 9.17) is 4.74 Å². The molecule has 0 saturated carbocycles. The van der Waals surface area contributed by atoms with E-state index in [1.165, 1.54) is 0 Å². The third-order valence-corrected chi connectivity index (χ3v) is 3.04. The summed E-state index contributed by atoms with van der Waals surface area (Å²) in [5.41, 5.74) is 1.07. The van der Waals surface area contributed by atoms with E-state index in [1.807, 2.05) is 19.9 Å². The lowest BCUT2D eigenvalue weighted by Crippen LogP contribution is -2.21. The zero-order valence-electron chi connectivity index (χ0n) is 13.6. The van der Waals surface area contributed by atoms with E-state index < -0.39 is 0 Å². The van der Waals surface area contributed by atoms with Crippen LogP contribution in [0.5, 0.6) is 5.75 Å². The number of nitro benzene ring substituents is 1. The van der Waals surface area contributed by atoms with Gasteiger partial charge in [-0.25, -0.2) is 0 Å². The summed E-state index contributed by atoms with van der Waals surface area (Å²) in [4.78, 5) is 10.8. The SMILES string of the molecule is CC(C)NCc1ccc(OCCC(C)(C)C)c([N+](=O)[O-])c1. The number of nitro groups is 1. The van der Waals surface area contributed by atoms with Gasteiger partial charge in [-0.2, -0.15) is 0 Å². The lowest BCUT2D eigenvalue weighted by Gasteiger charge is -2.18. The Morgan fingerprint density at radius 1 is 1.33 bits per heavy atom. The quantitative estimate of drug-likeness (QED) is 0.611. The molecule has 1 aromatic carbocycles. The fraction of sp³-hybridized carbons (Fsp3) is 0.625. The standard InChI is InChI=1S/C16H26N2O3/c1-12(2)17-11-13-6-7-15(14(10-13)18(19)20)21-9-8-16(3,4)5/h6-7,10,12,17H,8-9,11H2,1-5H3. The molecule has 5 nitrogen and oxygen atoms in total. The van der Waals surface area contributed by atoms with Gasteiger partial charge in [0.25, 0.3) is 0 Å². The highest BCUT2D eigenvalue weighted by Crippen LogP contribution is 2.29. The maximum absolute atomic E-state index is 11.2. The largest absolute Gasteiger partial charge is 0.487 e. The van der Waals surface area contributed by atoms with Crippen LogP contribution in [0.1, 0.15) is 46.6 Å². The molecule has 21 heavy (non-hydrogen) atoms. The minimum Gasteiger partial charge on any atom is -0.487 e. The average Bonchev–Trinajstić information content (AvgIpc) is 2.35. The second kappa shape index (κ2) is 7.41. The molecule has 0 aromatic heterocycles. The van der Waals surface area contributed by atoms with Crippen molar-refractivity contribution in [2.45, 2.75) is 53.6 Å².